The Labute approximate surface area is 136 Å². The van der Waals surface area contributed by atoms with E-state index in [-0.39, 0.29) is 5.78 Å². The van der Waals surface area contributed by atoms with Crippen molar-refractivity contribution in [2.45, 2.75) is 0 Å². The second-order valence-electron chi connectivity index (χ2n) is 4.73. The fraction of sp³-hybridized carbons (Fsp3) is 0. The van der Waals surface area contributed by atoms with Crippen molar-refractivity contribution in [3.63, 3.8) is 0 Å². The standard InChI is InChI=1S/C18H11FO3S/c19-14-7-3-12(4-8-14)17(20)13-5-9-15(10-6-13)22-18(21)16-2-1-11-23-16/h1-11H. The molecule has 3 rings (SSSR count). The molecule has 2 aromatic carbocycles. The highest BCUT2D eigenvalue weighted by molar-refractivity contribution is 7.12. The lowest BCUT2D eigenvalue weighted by Crippen LogP contribution is -2.07. The number of hydrogen-bond donors (Lipinski definition) is 0. The second kappa shape index (κ2) is 6.54. The molecule has 0 aliphatic heterocycles. The third kappa shape index (κ3) is 3.52. The van der Waals surface area contributed by atoms with E-state index in [1.54, 1.807) is 41.8 Å². The predicted octanol–water partition coefficient (Wildman–Crippen LogP) is 4.34. The van der Waals surface area contributed by atoms with Gasteiger partial charge in [0.25, 0.3) is 0 Å². The number of rotatable bonds is 4. The van der Waals surface area contributed by atoms with E-state index in [0.29, 0.717) is 21.8 Å². The molecule has 0 aliphatic rings. The van der Waals surface area contributed by atoms with Crippen molar-refractivity contribution in [2.24, 2.45) is 0 Å². The number of esters is 1. The zero-order valence-electron chi connectivity index (χ0n) is 11.9. The summed E-state index contributed by atoms with van der Waals surface area (Å²) in [5.74, 6) is -0.685. The van der Waals surface area contributed by atoms with Crippen LogP contribution < -0.4 is 4.74 Å². The third-order valence-electron chi connectivity index (χ3n) is 3.16. The minimum absolute atomic E-state index is 0.221. The van der Waals surface area contributed by atoms with E-state index in [1.807, 2.05) is 0 Å². The summed E-state index contributed by atoms with van der Waals surface area (Å²) in [6.45, 7) is 0. The Morgan fingerprint density at radius 1 is 0.870 bits per heavy atom. The van der Waals surface area contributed by atoms with Gasteiger partial charge in [-0.1, -0.05) is 6.07 Å². The fourth-order valence-corrected chi connectivity index (χ4v) is 2.59. The van der Waals surface area contributed by atoms with E-state index >= 15 is 0 Å². The summed E-state index contributed by atoms with van der Waals surface area (Å²) >= 11 is 1.30. The van der Waals surface area contributed by atoms with Gasteiger partial charge in [0.2, 0.25) is 0 Å². The van der Waals surface area contributed by atoms with Crippen LogP contribution in [0.4, 0.5) is 4.39 Å². The highest BCUT2D eigenvalue weighted by Crippen LogP contribution is 2.18. The van der Waals surface area contributed by atoms with Gasteiger partial charge in [0.05, 0.1) is 0 Å². The molecular formula is C18H11FO3S. The average molecular weight is 326 g/mol. The van der Waals surface area contributed by atoms with Crippen LogP contribution in [0.15, 0.2) is 66.0 Å². The lowest BCUT2D eigenvalue weighted by atomic mass is 10.0. The molecule has 0 spiro atoms. The molecule has 0 aliphatic carbocycles. The first kappa shape index (κ1) is 15.1. The molecule has 0 unspecified atom stereocenters. The number of ketones is 1. The minimum atomic E-state index is -0.433. The van der Waals surface area contributed by atoms with Crippen LogP contribution >= 0.6 is 11.3 Å². The maximum Gasteiger partial charge on any atom is 0.353 e. The molecule has 0 atom stereocenters. The van der Waals surface area contributed by atoms with Gasteiger partial charge in [-0.25, -0.2) is 9.18 Å². The first-order valence-corrected chi connectivity index (χ1v) is 7.67. The van der Waals surface area contributed by atoms with Crippen LogP contribution in [0.1, 0.15) is 25.6 Å². The maximum absolute atomic E-state index is 12.9. The molecule has 3 nitrogen and oxygen atoms in total. The van der Waals surface area contributed by atoms with Crippen LogP contribution in [0.25, 0.3) is 0 Å². The van der Waals surface area contributed by atoms with Gasteiger partial charge in [-0.05, 0) is 60.0 Å². The van der Waals surface area contributed by atoms with E-state index < -0.39 is 11.8 Å². The fourth-order valence-electron chi connectivity index (χ4n) is 1.99. The number of halogens is 1. The van der Waals surface area contributed by atoms with E-state index in [1.165, 1.54) is 35.6 Å². The average Bonchev–Trinajstić information content (AvgIpc) is 3.10. The first-order chi connectivity index (χ1) is 11.1. The molecule has 3 aromatic rings. The number of hydrogen-bond acceptors (Lipinski definition) is 4. The number of ether oxygens (including phenoxy) is 1. The quantitative estimate of drug-likeness (QED) is 0.407. The Hall–Kier alpha value is -2.79. The van der Waals surface area contributed by atoms with Crippen LogP contribution in [0.3, 0.4) is 0 Å². The smallest absolute Gasteiger partial charge is 0.353 e. The molecular weight excluding hydrogens is 315 g/mol. The van der Waals surface area contributed by atoms with Crippen LogP contribution in [-0.4, -0.2) is 11.8 Å². The summed E-state index contributed by atoms with van der Waals surface area (Å²) in [4.78, 5) is 24.6. The maximum atomic E-state index is 12.9. The van der Waals surface area contributed by atoms with Crippen LogP contribution in [-0.2, 0) is 0 Å². The van der Waals surface area contributed by atoms with Gasteiger partial charge in [-0.2, -0.15) is 0 Å². The number of thiophene rings is 1. The van der Waals surface area contributed by atoms with Crippen molar-refractivity contribution in [2.75, 3.05) is 0 Å². The number of benzene rings is 2. The van der Waals surface area contributed by atoms with Gasteiger partial charge in [0.1, 0.15) is 16.4 Å². The highest BCUT2D eigenvalue weighted by Gasteiger charge is 2.12. The lowest BCUT2D eigenvalue weighted by Gasteiger charge is -2.05. The van der Waals surface area contributed by atoms with Crippen molar-refractivity contribution in [1.29, 1.82) is 0 Å². The van der Waals surface area contributed by atoms with Gasteiger partial charge in [-0.3, -0.25) is 4.79 Å². The van der Waals surface area contributed by atoms with Crippen molar-refractivity contribution in [1.82, 2.24) is 0 Å². The molecule has 1 aromatic heterocycles. The Kier molecular flexibility index (Phi) is 4.30. The number of carbonyl (C=O) groups excluding carboxylic acids is 2. The normalized spacial score (nSPS) is 10.3. The molecule has 0 bridgehead atoms. The van der Waals surface area contributed by atoms with Crippen LogP contribution in [0.5, 0.6) is 5.75 Å². The van der Waals surface area contributed by atoms with Crippen molar-refractivity contribution < 1.29 is 18.7 Å². The molecule has 0 saturated heterocycles. The van der Waals surface area contributed by atoms with E-state index in [0.717, 1.165) is 0 Å². The summed E-state index contributed by atoms with van der Waals surface area (Å²) < 4.78 is 18.1. The SMILES string of the molecule is O=C(c1ccc(F)cc1)c1ccc(OC(=O)c2cccs2)cc1. The number of carbonyl (C=O) groups is 2. The zero-order valence-corrected chi connectivity index (χ0v) is 12.7. The van der Waals surface area contributed by atoms with Gasteiger partial charge in [0.15, 0.2) is 5.78 Å². The first-order valence-electron chi connectivity index (χ1n) is 6.79. The molecule has 0 saturated carbocycles. The molecule has 114 valence electrons. The predicted molar refractivity (Wildman–Crippen MR) is 85.6 cm³/mol. The monoisotopic (exact) mass is 326 g/mol. The van der Waals surface area contributed by atoms with E-state index in [9.17, 15) is 14.0 Å². The van der Waals surface area contributed by atoms with Crippen molar-refractivity contribution in [3.8, 4) is 5.75 Å². The van der Waals surface area contributed by atoms with E-state index in [2.05, 4.69) is 0 Å². The Bertz CT molecular complexity index is 822. The Morgan fingerprint density at radius 3 is 2.04 bits per heavy atom. The molecule has 0 N–H and O–H groups in total. The van der Waals surface area contributed by atoms with Crippen LogP contribution in [0.2, 0.25) is 0 Å². The zero-order chi connectivity index (χ0) is 16.2. The van der Waals surface area contributed by atoms with Crippen molar-refractivity contribution >= 4 is 23.1 Å². The third-order valence-corrected chi connectivity index (χ3v) is 4.01. The van der Waals surface area contributed by atoms with E-state index in [4.69, 9.17) is 4.74 Å². The Balaban J connectivity index is 1.73. The largest absolute Gasteiger partial charge is 0.422 e. The van der Waals surface area contributed by atoms with Gasteiger partial charge < -0.3 is 4.74 Å². The summed E-state index contributed by atoms with van der Waals surface area (Å²) in [5, 5.41) is 1.79. The van der Waals surface area contributed by atoms with Gasteiger partial charge in [-0.15, -0.1) is 11.3 Å². The van der Waals surface area contributed by atoms with Gasteiger partial charge >= 0.3 is 5.97 Å². The Morgan fingerprint density at radius 2 is 1.48 bits per heavy atom. The summed E-state index contributed by atoms with van der Waals surface area (Å²) in [5.41, 5.74) is 0.835. The molecule has 23 heavy (non-hydrogen) atoms. The summed E-state index contributed by atoms with van der Waals surface area (Å²) in [6.07, 6.45) is 0. The second-order valence-corrected chi connectivity index (χ2v) is 5.67. The van der Waals surface area contributed by atoms with Crippen LogP contribution in [0, 0.1) is 5.82 Å². The van der Waals surface area contributed by atoms with Crippen molar-refractivity contribution in [3.05, 3.63) is 87.9 Å². The molecule has 0 fully saturated rings. The molecule has 1 heterocycles. The van der Waals surface area contributed by atoms with Gasteiger partial charge in [0, 0.05) is 11.1 Å². The lowest BCUT2D eigenvalue weighted by molar-refractivity contribution is 0.0740. The molecule has 0 radical (unpaired) electrons. The summed E-state index contributed by atoms with van der Waals surface area (Å²) in [6, 6.07) is 15.1. The molecule has 0 amide bonds. The minimum Gasteiger partial charge on any atom is -0.422 e. The highest BCUT2D eigenvalue weighted by atomic mass is 32.1. The topological polar surface area (TPSA) is 43.4 Å². The summed E-state index contributed by atoms with van der Waals surface area (Å²) in [7, 11) is 0. The molecule has 5 heteroatoms.